The van der Waals surface area contributed by atoms with E-state index in [4.69, 9.17) is 11.6 Å². The lowest BCUT2D eigenvalue weighted by molar-refractivity contribution is -0.116. The van der Waals surface area contributed by atoms with Crippen LogP contribution in [0.25, 0.3) is 5.69 Å². The lowest BCUT2D eigenvalue weighted by Gasteiger charge is -2.23. The second kappa shape index (κ2) is 5.49. The van der Waals surface area contributed by atoms with Gasteiger partial charge in [-0.1, -0.05) is 29.8 Å². The van der Waals surface area contributed by atoms with Gasteiger partial charge in [0, 0.05) is 30.5 Å². The van der Waals surface area contributed by atoms with E-state index in [0.29, 0.717) is 11.6 Å². The molecule has 1 unspecified atom stereocenters. The van der Waals surface area contributed by atoms with Crippen LogP contribution in [-0.4, -0.2) is 25.5 Å². The van der Waals surface area contributed by atoms with Crippen molar-refractivity contribution in [3.8, 4) is 5.69 Å². The summed E-state index contributed by atoms with van der Waals surface area (Å²) in [6.45, 7) is 1.92. The van der Waals surface area contributed by atoms with Crippen molar-refractivity contribution in [1.29, 1.82) is 0 Å². The number of para-hydroxylation sites is 1. The molecule has 3 aromatic rings. The van der Waals surface area contributed by atoms with E-state index < -0.39 is 0 Å². The van der Waals surface area contributed by atoms with Crippen LogP contribution in [0.15, 0.2) is 36.5 Å². The zero-order valence-electron chi connectivity index (χ0n) is 13.3. The molecule has 1 aromatic carbocycles. The third-order valence-electron chi connectivity index (χ3n) is 4.39. The lowest BCUT2D eigenvalue weighted by Crippen LogP contribution is -2.24. The summed E-state index contributed by atoms with van der Waals surface area (Å²) in [5.41, 5.74) is 3.56. The van der Waals surface area contributed by atoms with E-state index in [-0.39, 0.29) is 11.8 Å². The molecular weight excluding hydrogens is 326 g/mol. The number of rotatable bonds is 2. The van der Waals surface area contributed by atoms with Crippen molar-refractivity contribution in [3.05, 3.63) is 58.5 Å². The molecule has 1 aliphatic heterocycles. The van der Waals surface area contributed by atoms with E-state index >= 15 is 0 Å². The maximum Gasteiger partial charge on any atom is 0.226 e. The number of nitrogens with zero attached hydrogens (tertiary/aromatic N) is 4. The maximum atomic E-state index is 12.1. The number of amides is 1. The molecule has 7 heteroatoms. The summed E-state index contributed by atoms with van der Waals surface area (Å²) >= 11 is 6.66. The van der Waals surface area contributed by atoms with Crippen LogP contribution in [0, 0.1) is 6.92 Å². The first-order valence-corrected chi connectivity index (χ1v) is 8.06. The normalized spacial score (nSPS) is 16.8. The lowest BCUT2D eigenvalue weighted by atomic mass is 9.88. The van der Waals surface area contributed by atoms with Crippen molar-refractivity contribution in [2.75, 3.05) is 5.32 Å². The van der Waals surface area contributed by atoms with Gasteiger partial charge in [0.05, 0.1) is 17.6 Å². The average Bonchev–Trinajstić information content (AvgIpc) is 3.08. The van der Waals surface area contributed by atoms with E-state index in [1.807, 2.05) is 44.3 Å². The van der Waals surface area contributed by atoms with Crippen LogP contribution in [0.4, 0.5) is 5.82 Å². The van der Waals surface area contributed by atoms with Gasteiger partial charge in [-0.3, -0.25) is 9.48 Å². The Morgan fingerprint density at radius 3 is 2.79 bits per heavy atom. The number of benzene rings is 1. The summed E-state index contributed by atoms with van der Waals surface area (Å²) in [5.74, 6) is 0.533. The molecule has 0 aliphatic carbocycles. The number of halogens is 1. The molecule has 0 bridgehead atoms. The quantitative estimate of drug-likeness (QED) is 0.779. The third-order valence-corrected chi connectivity index (χ3v) is 4.75. The van der Waals surface area contributed by atoms with E-state index in [9.17, 15) is 4.79 Å². The Kier molecular flexibility index (Phi) is 3.42. The highest BCUT2D eigenvalue weighted by atomic mass is 35.5. The van der Waals surface area contributed by atoms with Gasteiger partial charge in [-0.15, -0.1) is 0 Å². The molecule has 1 aliphatic rings. The molecule has 1 atom stereocenters. The summed E-state index contributed by atoms with van der Waals surface area (Å²) in [6, 6.07) is 9.73. The van der Waals surface area contributed by atoms with Crippen LogP contribution in [0.3, 0.4) is 0 Å². The molecule has 0 fully saturated rings. The molecule has 1 amide bonds. The molecule has 24 heavy (non-hydrogen) atoms. The van der Waals surface area contributed by atoms with Gasteiger partial charge in [0.25, 0.3) is 0 Å². The Morgan fingerprint density at radius 1 is 1.29 bits per heavy atom. The van der Waals surface area contributed by atoms with Crippen molar-refractivity contribution in [2.45, 2.75) is 19.3 Å². The Balaban J connectivity index is 1.86. The fourth-order valence-electron chi connectivity index (χ4n) is 3.25. The Morgan fingerprint density at radius 2 is 2.04 bits per heavy atom. The molecule has 6 nitrogen and oxygen atoms in total. The van der Waals surface area contributed by atoms with Crippen molar-refractivity contribution >= 4 is 23.3 Å². The SMILES string of the molecule is Cc1nn(-c2ccccc2)c(Cl)c1C1CC(=O)Nc2c1cnn2C. The number of carbonyl (C=O) groups excluding carboxylic acids is 1. The minimum Gasteiger partial charge on any atom is -0.311 e. The highest BCUT2D eigenvalue weighted by molar-refractivity contribution is 6.30. The summed E-state index contributed by atoms with van der Waals surface area (Å²) in [7, 11) is 1.81. The zero-order valence-corrected chi connectivity index (χ0v) is 14.1. The van der Waals surface area contributed by atoms with Crippen LogP contribution in [0.1, 0.15) is 29.2 Å². The summed E-state index contributed by atoms with van der Waals surface area (Å²) in [5, 5.41) is 12.3. The summed E-state index contributed by atoms with van der Waals surface area (Å²) in [4.78, 5) is 12.1. The van der Waals surface area contributed by atoms with Crippen molar-refractivity contribution in [1.82, 2.24) is 19.6 Å². The van der Waals surface area contributed by atoms with Crippen molar-refractivity contribution in [2.24, 2.45) is 7.05 Å². The largest absolute Gasteiger partial charge is 0.311 e. The molecule has 3 heterocycles. The van der Waals surface area contributed by atoms with E-state index in [2.05, 4.69) is 15.5 Å². The van der Waals surface area contributed by atoms with Gasteiger partial charge < -0.3 is 5.32 Å². The molecule has 0 saturated carbocycles. The minimum absolute atomic E-state index is 0.0426. The zero-order chi connectivity index (χ0) is 16.8. The van der Waals surface area contributed by atoms with Gasteiger partial charge in [0.15, 0.2) is 0 Å². The number of anilines is 1. The van der Waals surface area contributed by atoms with E-state index in [1.165, 1.54) is 0 Å². The smallest absolute Gasteiger partial charge is 0.226 e. The number of fused-ring (bicyclic) bond motifs is 1. The molecule has 1 N–H and O–H groups in total. The first kappa shape index (κ1) is 15.0. The van der Waals surface area contributed by atoms with Crippen molar-refractivity contribution < 1.29 is 4.79 Å². The molecule has 0 radical (unpaired) electrons. The van der Waals surface area contributed by atoms with Gasteiger partial charge in [-0.25, -0.2) is 4.68 Å². The molecule has 0 spiro atoms. The number of aromatic nitrogens is 4. The average molecular weight is 342 g/mol. The topological polar surface area (TPSA) is 64.7 Å². The molecule has 4 rings (SSSR count). The molecular formula is C17H16ClN5O. The predicted molar refractivity (Wildman–Crippen MR) is 91.6 cm³/mol. The van der Waals surface area contributed by atoms with Crippen LogP contribution in [0.2, 0.25) is 5.15 Å². The van der Waals surface area contributed by atoms with Gasteiger partial charge in [0.2, 0.25) is 5.91 Å². The highest BCUT2D eigenvalue weighted by Gasteiger charge is 2.33. The first-order valence-electron chi connectivity index (χ1n) is 7.68. The third kappa shape index (κ3) is 2.22. The predicted octanol–water partition coefficient (Wildman–Crippen LogP) is 3.04. The molecule has 122 valence electrons. The van der Waals surface area contributed by atoms with E-state index in [1.54, 1.807) is 15.6 Å². The highest BCUT2D eigenvalue weighted by Crippen LogP contribution is 2.41. The number of hydrogen-bond acceptors (Lipinski definition) is 3. The van der Waals surface area contributed by atoms with Crippen LogP contribution >= 0.6 is 11.6 Å². The van der Waals surface area contributed by atoms with Gasteiger partial charge in [-0.2, -0.15) is 10.2 Å². The maximum absolute atomic E-state index is 12.1. The summed E-state index contributed by atoms with van der Waals surface area (Å²) < 4.78 is 3.39. The monoisotopic (exact) mass is 341 g/mol. The molecule has 0 saturated heterocycles. The fraction of sp³-hybridized carbons (Fsp3) is 0.235. The Bertz CT molecular complexity index is 928. The number of hydrogen-bond donors (Lipinski definition) is 1. The first-order chi connectivity index (χ1) is 11.6. The standard InChI is InChI=1S/C17H16ClN5O/c1-10-15(16(18)23(21-10)11-6-4-3-5-7-11)12-8-14(24)20-17-13(12)9-19-22(17)2/h3-7,9,12H,8H2,1-2H3,(H,20,24). The van der Waals surface area contributed by atoms with Crippen LogP contribution < -0.4 is 5.32 Å². The number of aryl methyl sites for hydroxylation is 2. The Labute approximate surface area is 144 Å². The van der Waals surface area contributed by atoms with Gasteiger partial charge in [-0.05, 0) is 19.1 Å². The summed E-state index contributed by atoms with van der Waals surface area (Å²) in [6.07, 6.45) is 2.12. The second-order valence-corrected chi connectivity index (χ2v) is 6.27. The van der Waals surface area contributed by atoms with E-state index in [0.717, 1.165) is 28.3 Å². The van der Waals surface area contributed by atoms with Gasteiger partial charge >= 0.3 is 0 Å². The van der Waals surface area contributed by atoms with Gasteiger partial charge in [0.1, 0.15) is 11.0 Å². The number of nitrogens with one attached hydrogen (secondary N) is 1. The van der Waals surface area contributed by atoms with Crippen molar-refractivity contribution in [3.63, 3.8) is 0 Å². The Hall–Kier alpha value is -2.60. The fourth-order valence-corrected chi connectivity index (χ4v) is 3.65. The van der Waals surface area contributed by atoms with Crippen LogP contribution in [-0.2, 0) is 11.8 Å². The molecule has 2 aromatic heterocycles. The second-order valence-electron chi connectivity index (χ2n) is 5.91. The number of carbonyl (C=O) groups is 1. The minimum atomic E-state index is -0.146. The van der Waals surface area contributed by atoms with Crippen LogP contribution in [0.5, 0.6) is 0 Å².